The number of benzene rings is 1. The maximum absolute atomic E-state index is 13.4. The number of amides is 1. The van der Waals surface area contributed by atoms with Crippen LogP contribution in [0.3, 0.4) is 0 Å². The van der Waals surface area contributed by atoms with E-state index in [0.29, 0.717) is 12.2 Å². The third kappa shape index (κ3) is 3.81. The molecule has 4 rings (SSSR count). The summed E-state index contributed by atoms with van der Waals surface area (Å²) >= 11 is 0. The quantitative estimate of drug-likeness (QED) is 0.825. The summed E-state index contributed by atoms with van der Waals surface area (Å²) in [5, 5.41) is 13.9. The number of nitrogens with one attached hydrogen (secondary N) is 1. The number of ether oxygens (including phenoxy) is 1. The van der Waals surface area contributed by atoms with Crippen LogP contribution in [0.4, 0.5) is 4.39 Å². The van der Waals surface area contributed by atoms with Crippen molar-refractivity contribution in [3.63, 3.8) is 0 Å². The van der Waals surface area contributed by atoms with Gasteiger partial charge < -0.3 is 19.6 Å². The Hall–Kier alpha value is -2.45. The predicted molar refractivity (Wildman–Crippen MR) is 93.8 cm³/mol. The minimum atomic E-state index is -0.797. The first kappa shape index (κ1) is 17.9. The van der Waals surface area contributed by atoms with E-state index >= 15 is 0 Å². The summed E-state index contributed by atoms with van der Waals surface area (Å²) in [6.45, 7) is 1.73. The molecule has 1 saturated carbocycles. The van der Waals surface area contributed by atoms with Gasteiger partial charge in [0.05, 0.1) is 12.1 Å². The molecule has 1 amide bonds. The first-order chi connectivity index (χ1) is 13.1. The van der Waals surface area contributed by atoms with E-state index in [2.05, 4.69) is 15.2 Å². The van der Waals surface area contributed by atoms with Gasteiger partial charge in [-0.15, -0.1) is 0 Å². The highest BCUT2D eigenvalue weighted by Crippen LogP contribution is 2.31. The molecule has 2 fully saturated rings. The van der Waals surface area contributed by atoms with Crippen molar-refractivity contribution >= 4 is 5.91 Å². The van der Waals surface area contributed by atoms with Gasteiger partial charge in [-0.1, -0.05) is 6.07 Å². The van der Waals surface area contributed by atoms with Crippen LogP contribution >= 0.6 is 0 Å². The third-order valence-corrected chi connectivity index (χ3v) is 5.26. The zero-order valence-corrected chi connectivity index (χ0v) is 14.8. The van der Waals surface area contributed by atoms with E-state index < -0.39 is 18.0 Å². The zero-order valence-electron chi connectivity index (χ0n) is 14.8. The highest BCUT2D eigenvalue weighted by atomic mass is 19.1. The van der Waals surface area contributed by atoms with E-state index in [1.54, 1.807) is 12.1 Å². The number of hydrogen-bond acceptors (Lipinski definition) is 6. The molecule has 1 aromatic carbocycles. The molecule has 0 bridgehead atoms. The van der Waals surface area contributed by atoms with Crippen LogP contribution in [0.25, 0.3) is 0 Å². The van der Waals surface area contributed by atoms with Crippen molar-refractivity contribution in [1.29, 1.82) is 0 Å². The number of aliphatic hydroxyl groups excluding tert-OH is 1. The summed E-state index contributed by atoms with van der Waals surface area (Å²) in [6.07, 6.45) is 3.68. The van der Waals surface area contributed by atoms with E-state index in [9.17, 15) is 14.3 Å². The number of nitrogens with zero attached hydrogens (tertiary/aromatic N) is 2. The number of aliphatic hydroxyl groups is 1. The second-order valence-electron chi connectivity index (χ2n) is 7.03. The van der Waals surface area contributed by atoms with Crippen LogP contribution < -0.4 is 10.1 Å². The molecular formula is C19H22FN3O4. The number of carbonyl (C=O) groups is 1. The maximum atomic E-state index is 13.4. The predicted octanol–water partition coefficient (Wildman–Crippen LogP) is 1.59. The number of likely N-dealkylation sites (tertiary alicyclic amines) is 1. The first-order valence-electron chi connectivity index (χ1n) is 9.15. The Labute approximate surface area is 156 Å². The zero-order chi connectivity index (χ0) is 18.8. The Morgan fingerprint density at radius 2 is 2.19 bits per heavy atom. The Morgan fingerprint density at radius 3 is 2.89 bits per heavy atom. The van der Waals surface area contributed by atoms with Crippen LogP contribution in [0.5, 0.6) is 5.75 Å². The summed E-state index contributed by atoms with van der Waals surface area (Å²) in [5.41, 5.74) is 0.194. The Balaban J connectivity index is 1.51. The van der Waals surface area contributed by atoms with Crippen LogP contribution in [0.2, 0.25) is 0 Å². The molecular weight excluding hydrogens is 353 g/mol. The van der Waals surface area contributed by atoms with E-state index in [-0.39, 0.29) is 23.7 Å². The molecule has 144 valence electrons. The Bertz CT molecular complexity index is 779. The van der Waals surface area contributed by atoms with Crippen LogP contribution in [-0.4, -0.2) is 58.3 Å². The van der Waals surface area contributed by atoms with Gasteiger partial charge >= 0.3 is 0 Å². The Kier molecular flexibility index (Phi) is 5.09. The number of rotatable bonds is 5. The lowest BCUT2D eigenvalue weighted by atomic mass is 10.1. The van der Waals surface area contributed by atoms with Crippen LogP contribution in [0.15, 0.2) is 41.3 Å². The van der Waals surface area contributed by atoms with E-state index in [4.69, 9.17) is 9.15 Å². The van der Waals surface area contributed by atoms with Gasteiger partial charge in [-0.2, -0.15) is 0 Å². The molecule has 2 aliphatic rings. The topological polar surface area (TPSA) is 87.8 Å². The highest BCUT2D eigenvalue weighted by Gasteiger charge is 2.48. The minimum absolute atomic E-state index is 0.194. The van der Waals surface area contributed by atoms with Gasteiger partial charge in [-0.3, -0.25) is 9.69 Å². The normalized spacial score (nSPS) is 28.4. The summed E-state index contributed by atoms with van der Waals surface area (Å²) in [4.78, 5) is 18.5. The summed E-state index contributed by atoms with van der Waals surface area (Å²) in [7, 11) is 0. The molecule has 0 unspecified atom stereocenters. The smallest absolute Gasteiger partial charge is 0.273 e. The monoisotopic (exact) mass is 375 g/mol. The van der Waals surface area contributed by atoms with Crippen molar-refractivity contribution in [3.8, 4) is 5.75 Å². The van der Waals surface area contributed by atoms with Crippen LogP contribution in [0.1, 0.15) is 29.8 Å². The molecule has 1 aliphatic heterocycles. The summed E-state index contributed by atoms with van der Waals surface area (Å²) in [5.74, 6) is -0.383. The van der Waals surface area contributed by atoms with Crippen molar-refractivity contribution in [1.82, 2.24) is 15.2 Å². The molecule has 0 spiro atoms. The molecule has 7 nitrogen and oxygen atoms in total. The lowest BCUT2D eigenvalue weighted by Gasteiger charge is -2.31. The average molecular weight is 375 g/mol. The summed E-state index contributed by atoms with van der Waals surface area (Å²) < 4.78 is 24.2. The number of halogens is 1. The molecule has 1 saturated heterocycles. The van der Waals surface area contributed by atoms with E-state index in [1.807, 2.05) is 0 Å². The molecule has 1 aromatic heterocycles. The first-order valence-corrected chi connectivity index (χ1v) is 9.15. The molecule has 2 heterocycles. The lowest BCUT2D eigenvalue weighted by Crippen LogP contribution is -2.52. The largest absolute Gasteiger partial charge is 0.487 e. The summed E-state index contributed by atoms with van der Waals surface area (Å²) in [6, 6.07) is 5.28. The molecule has 8 heteroatoms. The SMILES string of the molecule is O=C(N[C@@H]1C[C@@H](Oc2cccc(F)c2)[C@H](O)[C@H]1N1CCCC1)c1cocn1. The van der Waals surface area contributed by atoms with Crippen LogP contribution in [0, 0.1) is 5.82 Å². The van der Waals surface area contributed by atoms with Gasteiger partial charge in [-0.05, 0) is 38.1 Å². The van der Waals surface area contributed by atoms with Crippen molar-refractivity contribution in [2.45, 2.75) is 43.6 Å². The van der Waals surface area contributed by atoms with Crippen molar-refractivity contribution in [2.24, 2.45) is 0 Å². The second kappa shape index (κ2) is 7.66. The van der Waals surface area contributed by atoms with Gasteiger partial charge in [0.2, 0.25) is 0 Å². The number of oxazole rings is 1. The molecule has 1 aliphatic carbocycles. The van der Waals surface area contributed by atoms with Crippen LogP contribution in [-0.2, 0) is 0 Å². The van der Waals surface area contributed by atoms with Gasteiger partial charge in [0.25, 0.3) is 5.91 Å². The maximum Gasteiger partial charge on any atom is 0.273 e. The number of carbonyl (C=O) groups excluding carboxylic acids is 1. The van der Waals surface area contributed by atoms with Gasteiger partial charge in [0.1, 0.15) is 30.0 Å². The molecule has 2 aromatic rings. The fourth-order valence-corrected chi connectivity index (χ4v) is 4.04. The molecule has 27 heavy (non-hydrogen) atoms. The second-order valence-corrected chi connectivity index (χ2v) is 7.03. The van der Waals surface area contributed by atoms with E-state index in [1.165, 1.54) is 24.8 Å². The van der Waals surface area contributed by atoms with Gasteiger partial charge in [0.15, 0.2) is 12.1 Å². The van der Waals surface area contributed by atoms with Gasteiger partial charge in [0, 0.05) is 12.5 Å². The molecule has 0 radical (unpaired) electrons. The van der Waals surface area contributed by atoms with Crippen molar-refractivity contribution in [2.75, 3.05) is 13.1 Å². The lowest BCUT2D eigenvalue weighted by molar-refractivity contribution is 0.0138. The standard InChI is InChI=1S/C19H22FN3O4/c20-12-4-3-5-13(8-12)27-16-9-14(22-19(25)15-10-26-11-21-15)17(18(16)24)23-6-1-2-7-23/h3-5,8,10-11,14,16-18,24H,1-2,6-7,9H2,(H,22,25)/t14-,16-,17+,18+/m1/s1. The Morgan fingerprint density at radius 1 is 1.37 bits per heavy atom. The molecule has 4 atom stereocenters. The van der Waals surface area contributed by atoms with Crippen molar-refractivity contribution < 1.29 is 23.4 Å². The van der Waals surface area contributed by atoms with Crippen molar-refractivity contribution in [3.05, 3.63) is 48.4 Å². The fraction of sp³-hybridized carbons (Fsp3) is 0.474. The molecule has 2 N–H and O–H groups in total. The average Bonchev–Trinajstić information content (AvgIpc) is 3.38. The fourth-order valence-electron chi connectivity index (χ4n) is 4.04. The minimum Gasteiger partial charge on any atom is -0.487 e. The number of hydrogen-bond donors (Lipinski definition) is 2. The van der Waals surface area contributed by atoms with E-state index in [0.717, 1.165) is 25.9 Å². The number of aromatic nitrogens is 1. The van der Waals surface area contributed by atoms with Gasteiger partial charge in [-0.25, -0.2) is 9.37 Å². The highest BCUT2D eigenvalue weighted by molar-refractivity contribution is 5.92. The third-order valence-electron chi connectivity index (χ3n) is 5.26.